The standard InChI is InChI=1S/C74H144O17P2/c1-9-67(8)53-45-37-28-22-18-19-23-29-38-46-54-71(76)84-60-69(90-73(78)56-48-40-30-24-16-12-10-14-20-26-34-42-50-64(2)3)62-88-92(80,81)86-58-68(75)59-87-93(82,83)89-63-70(61-85-72(77)55-47-39-33-32-36-44-52-66(6)7)91-74(79)57-49-41-31-25-17-13-11-15-21-27-35-43-51-65(4)5/h64-70,75H,9-63H2,1-8H3,(H,80,81)(H,82,83)/t67?,68-,69-,70-/m1/s1. The number of rotatable bonds is 71. The van der Waals surface area contributed by atoms with Crippen LogP contribution in [0.1, 0.15) is 370 Å². The van der Waals surface area contributed by atoms with Crippen molar-refractivity contribution in [2.24, 2.45) is 23.7 Å². The zero-order valence-corrected chi connectivity index (χ0v) is 62.7. The molecule has 0 saturated heterocycles. The Hall–Kier alpha value is -1.94. The largest absolute Gasteiger partial charge is 0.472 e. The normalized spacial score (nSPS) is 14.5. The van der Waals surface area contributed by atoms with Crippen molar-refractivity contribution in [3.05, 3.63) is 0 Å². The Morgan fingerprint density at radius 1 is 0.301 bits per heavy atom. The van der Waals surface area contributed by atoms with Crippen molar-refractivity contribution >= 4 is 39.5 Å². The van der Waals surface area contributed by atoms with Crippen LogP contribution in [-0.2, 0) is 65.4 Å². The van der Waals surface area contributed by atoms with Gasteiger partial charge in [-0.1, -0.05) is 319 Å². The molecule has 3 unspecified atom stereocenters. The first-order chi connectivity index (χ1) is 44.6. The van der Waals surface area contributed by atoms with E-state index in [0.29, 0.717) is 31.6 Å². The first-order valence-corrected chi connectivity index (χ1v) is 41.2. The summed E-state index contributed by atoms with van der Waals surface area (Å²) >= 11 is 0. The van der Waals surface area contributed by atoms with Gasteiger partial charge >= 0.3 is 39.5 Å². The van der Waals surface area contributed by atoms with Gasteiger partial charge in [0, 0.05) is 25.7 Å². The summed E-state index contributed by atoms with van der Waals surface area (Å²) in [7, 11) is -9.91. The minimum atomic E-state index is -4.96. The Morgan fingerprint density at radius 3 is 0.763 bits per heavy atom. The molecule has 0 heterocycles. The van der Waals surface area contributed by atoms with Crippen LogP contribution < -0.4 is 0 Å². The molecule has 0 aliphatic heterocycles. The highest BCUT2D eigenvalue weighted by Gasteiger charge is 2.30. The fourth-order valence-electron chi connectivity index (χ4n) is 11.2. The summed E-state index contributed by atoms with van der Waals surface area (Å²) in [6, 6.07) is 0. The van der Waals surface area contributed by atoms with Gasteiger partial charge in [-0.15, -0.1) is 0 Å². The summed E-state index contributed by atoms with van der Waals surface area (Å²) in [5.74, 6) is 0.918. The van der Waals surface area contributed by atoms with E-state index in [1.54, 1.807) is 0 Å². The second-order valence-electron chi connectivity index (χ2n) is 28.4. The van der Waals surface area contributed by atoms with Crippen molar-refractivity contribution in [3.63, 3.8) is 0 Å². The van der Waals surface area contributed by atoms with Crippen LogP contribution in [0.15, 0.2) is 0 Å². The minimum absolute atomic E-state index is 0.105. The molecule has 0 rings (SSSR count). The summed E-state index contributed by atoms with van der Waals surface area (Å²) in [4.78, 5) is 72.7. The van der Waals surface area contributed by atoms with E-state index >= 15 is 0 Å². The van der Waals surface area contributed by atoms with Crippen LogP contribution in [0.5, 0.6) is 0 Å². The third-order valence-corrected chi connectivity index (χ3v) is 19.3. The number of hydrogen-bond acceptors (Lipinski definition) is 15. The highest BCUT2D eigenvalue weighted by atomic mass is 31.2. The average molecular weight is 1370 g/mol. The Labute approximate surface area is 568 Å². The fourth-order valence-corrected chi connectivity index (χ4v) is 12.7. The van der Waals surface area contributed by atoms with Crippen molar-refractivity contribution in [1.29, 1.82) is 0 Å². The van der Waals surface area contributed by atoms with Gasteiger partial charge in [-0.25, -0.2) is 9.13 Å². The lowest BCUT2D eigenvalue weighted by Crippen LogP contribution is -2.30. The highest BCUT2D eigenvalue weighted by molar-refractivity contribution is 7.47. The van der Waals surface area contributed by atoms with Crippen LogP contribution >= 0.6 is 15.6 Å². The smallest absolute Gasteiger partial charge is 0.462 e. The van der Waals surface area contributed by atoms with E-state index in [0.717, 1.165) is 114 Å². The molecule has 0 bridgehead atoms. The second-order valence-corrected chi connectivity index (χ2v) is 31.3. The third-order valence-electron chi connectivity index (χ3n) is 17.4. The van der Waals surface area contributed by atoms with Gasteiger partial charge in [0.2, 0.25) is 0 Å². The SMILES string of the molecule is CCC(C)CCCCCCCCCCCCC(=O)OC[C@H](COP(=O)(O)OC[C@@H](O)COP(=O)(O)OC[C@@H](COC(=O)CCCCCCCCC(C)C)OC(=O)CCCCCCCCCCCCCCC(C)C)OC(=O)CCCCCCCCCCCCCCC(C)C. The van der Waals surface area contributed by atoms with Gasteiger partial charge in [0.25, 0.3) is 0 Å². The topological polar surface area (TPSA) is 237 Å². The van der Waals surface area contributed by atoms with Gasteiger partial charge in [0.1, 0.15) is 19.3 Å². The van der Waals surface area contributed by atoms with Crippen molar-refractivity contribution in [2.45, 2.75) is 388 Å². The van der Waals surface area contributed by atoms with E-state index in [2.05, 4.69) is 55.4 Å². The number of aliphatic hydroxyl groups excluding tert-OH is 1. The molecule has 93 heavy (non-hydrogen) atoms. The summed E-state index contributed by atoms with van der Waals surface area (Å²) in [6.07, 6.45) is 47.2. The monoisotopic (exact) mass is 1370 g/mol. The lowest BCUT2D eigenvalue weighted by Gasteiger charge is -2.21. The zero-order valence-electron chi connectivity index (χ0n) is 60.9. The molecule has 0 fully saturated rings. The molecule has 0 aromatic heterocycles. The van der Waals surface area contributed by atoms with Crippen LogP contribution in [0.4, 0.5) is 0 Å². The van der Waals surface area contributed by atoms with Gasteiger partial charge < -0.3 is 33.8 Å². The molecular formula is C74H144O17P2. The minimum Gasteiger partial charge on any atom is -0.462 e. The molecule has 552 valence electrons. The second kappa shape index (κ2) is 63.5. The number of carbonyl (C=O) groups is 4. The fraction of sp³-hybridized carbons (Fsp3) is 0.946. The molecule has 0 amide bonds. The third kappa shape index (κ3) is 67.0. The van der Waals surface area contributed by atoms with Gasteiger partial charge in [0.15, 0.2) is 12.2 Å². The Morgan fingerprint density at radius 2 is 0.516 bits per heavy atom. The van der Waals surface area contributed by atoms with E-state index in [1.165, 1.54) is 167 Å². The zero-order chi connectivity index (χ0) is 68.9. The Balaban J connectivity index is 5.25. The molecule has 0 aromatic rings. The van der Waals surface area contributed by atoms with Crippen molar-refractivity contribution in [3.8, 4) is 0 Å². The van der Waals surface area contributed by atoms with Crippen molar-refractivity contribution in [2.75, 3.05) is 39.6 Å². The van der Waals surface area contributed by atoms with E-state index in [9.17, 15) is 43.2 Å². The van der Waals surface area contributed by atoms with Gasteiger partial charge in [0.05, 0.1) is 26.4 Å². The lowest BCUT2D eigenvalue weighted by atomic mass is 9.99. The molecule has 19 heteroatoms. The number of aliphatic hydroxyl groups is 1. The average Bonchev–Trinajstić information content (AvgIpc) is 2.61. The Bertz CT molecular complexity index is 1840. The number of hydrogen-bond donors (Lipinski definition) is 3. The number of unbranched alkanes of at least 4 members (excludes halogenated alkanes) is 36. The highest BCUT2D eigenvalue weighted by Crippen LogP contribution is 2.45. The van der Waals surface area contributed by atoms with Crippen LogP contribution in [0.3, 0.4) is 0 Å². The molecule has 17 nitrogen and oxygen atoms in total. The first kappa shape index (κ1) is 91.1. The molecule has 0 aliphatic rings. The van der Waals surface area contributed by atoms with Gasteiger partial charge in [-0.05, 0) is 49.4 Å². The van der Waals surface area contributed by atoms with Crippen molar-refractivity contribution < 1.29 is 80.2 Å². The van der Waals surface area contributed by atoms with Crippen LogP contribution in [0, 0.1) is 23.7 Å². The maximum atomic E-state index is 13.1. The number of phosphoric acid groups is 2. The number of ether oxygens (including phenoxy) is 4. The summed E-state index contributed by atoms with van der Waals surface area (Å²) in [5.41, 5.74) is 0. The molecule has 0 radical (unpaired) electrons. The number of phosphoric ester groups is 2. The molecule has 6 atom stereocenters. The van der Waals surface area contributed by atoms with Crippen LogP contribution in [0.2, 0.25) is 0 Å². The predicted octanol–water partition coefficient (Wildman–Crippen LogP) is 21.3. The maximum absolute atomic E-state index is 13.1. The van der Waals surface area contributed by atoms with E-state index in [1.807, 2.05) is 0 Å². The molecule has 3 N–H and O–H groups in total. The molecule has 0 aromatic carbocycles. The molecular weight excluding hydrogens is 1220 g/mol. The van der Waals surface area contributed by atoms with Gasteiger partial charge in [-0.2, -0.15) is 0 Å². The van der Waals surface area contributed by atoms with E-state index in [-0.39, 0.29) is 25.7 Å². The summed E-state index contributed by atoms with van der Waals surface area (Å²) in [6.45, 7) is 14.2. The van der Waals surface area contributed by atoms with E-state index in [4.69, 9.17) is 37.0 Å². The van der Waals surface area contributed by atoms with Crippen molar-refractivity contribution in [1.82, 2.24) is 0 Å². The summed E-state index contributed by atoms with van der Waals surface area (Å²) < 4.78 is 68.4. The quantitative estimate of drug-likeness (QED) is 0.0222. The van der Waals surface area contributed by atoms with E-state index < -0.39 is 97.5 Å². The van der Waals surface area contributed by atoms with Crippen LogP contribution in [-0.4, -0.2) is 96.7 Å². The Kier molecular flexibility index (Phi) is 62.2. The molecule has 0 spiro atoms. The van der Waals surface area contributed by atoms with Gasteiger partial charge in [-0.3, -0.25) is 37.3 Å². The lowest BCUT2D eigenvalue weighted by molar-refractivity contribution is -0.161. The number of carbonyl (C=O) groups excluding carboxylic acids is 4. The molecule has 0 saturated carbocycles. The van der Waals surface area contributed by atoms with Crippen LogP contribution in [0.25, 0.3) is 0 Å². The predicted molar refractivity (Wildman–Crippen MR) is 377 cm³/mol. The maximum Gasteiger partial charge on any atom is 0.472 e. The molecule has 0 aliphatic carbocycles. The summed E-state index contributed by atoms with van der Waals surface area (Å²) in [5, 5.41) is 10.6. The first-order valence-electron chi connectivity index (χ1n) is 38.2. The number of esters is 4.